The quantitative estimate of drug-likeness (QED) is 0.772. The molecule has 0 spiro atoms. The Morgan fingerprint density at radius 2 is 1.71 bits per heavy atom. The van der Waals surface area contributed by atoms with Gasteiger partial charge in [0.15, 0.2) is 0 Å². The van der Waals surface area contributed by atoms with Gasteiger partial charge in [0.25, 0.3) is 0 Å². The van der Waals surface area contributed by atoms with Crippen LogP contribution in [0.1, 0.15) is 36.9 Å². The van der Waals surface area contributed by atoms with Crippen molar-refractivity contribution in [1.29, 1.82) is 5.26 Å². The number of nitrogens with zero attached hydrogens (tertiary/aromatic N) is 5. The summed E-state index contributed by atoms with van der Waals surface area (Å²) in [5.41, 5.74) is 1.66. The van der Waals surface area contributed by atoms with Gasteiger partial charge < -0.3 is 15.5 Å². The zero-order valence-electron chi connectivity index (χ0n) is 17.7. The minimum Gasteiger partial charge on any atom is -0.356 e. The van der Waals surface area contributed by atoms with Crippen LogP contribution in [-0.2, 0) is 6.54 Å². The molecule has 2 saturated heterocycles. The fourth-order valence-electron chi connectivity index (χ4n) is 4.26. The molecule has 8 heteroatoms. The van der Waals surface area contributed by atoms with Crippen molar-refractivity contribution in [2.45, 2.75) is 44.3 Å². The molecule has 0 radical (unpaired) electrons. The third-order valence-corrected chi connectivity index (χ3v) is 6.07. The minimum absolute atomic E-state index is 0.0573. The molecule has 4 rings (SSSR count). The maximum Gasteiger partial charge on any atom is 0.315 e. The number of amides is 2. The molecule has 0 bridgehead atoms. The number of nitriles is 1. The number of carbonyl (C=O) groups excluding carboxylic acids is 1. The summed E-state index contributed by atoms with van der Waals surface area (Å²) in [4.78, 5) is 25.8. The van der Waals surface area contributed by atoms with Gasteiger partial charge >= 0.3 is 6.03 Å². The van der Waals surface area contributed by atoms with Crippen LogP contribution < -0.4 is 15.5 Å². The molecule has 8 nitrogen and oxygen atoms in total. The van der Waals surface area contributed by atoms with Gasteiger partial charge in [-0.2, -0.15) is 5.26 Å². The molecule has 2 aromatic rings. The first kappa shape index (κ1) is 21.1. The van der Waals surface area contributed by atoms with Gasteiger partial charge in [-0.25, -0.2) is 9.78 Å². The Kier molecular flexibility index (Phi) is 6.95. The third-order valence-electron chi connectivity index (χ3n) is 6.07. The normalized spacial score (nSPS) is 18.4. The molecule has 2 fully saturated rings. The van der Waals surface area contributed by atoms with Crippen LogP contribution in [0.2, 0.25) is 0 Å². The highest BCUT2D eigenvalue weighted by Gasteiger charge is 2.24. The Bertz CT molecular complexity index is 880. The first-order valence-electron chi connectivity index (χ1n) is 11.0. The van der Waals surface area contributed by atoms with Crippen LogP contribution in [0.5, 0.6) is 0 Å². The lowest BCUT2D eigenvalue weighted by Crippen LogP contribution is -2.52. The molecule has 0 aromatic carbocycles. The molecule has 2 aromatic heterocycles. The fraction of sp³-hybridized carbons (Fsp3) is 0.478. The number of urea groups is 1. The topological polar surface area (TPSA) is 97.2 Å². The highest BCUT2D eigenvalue weighted by atomic mass is 16.2. The second kappa shape index (κ2) is 10.2. The molecule has 0 aliphatic carbocycles. The average molecular weight is 420 g/mol. The molecular weight excluding hydrogens is 390 g/mol. The molecule has 4 heterocycles. The van der Waals surface area contributed by atoms with E-state index in [9.17, 15) is 4.79 Å². The van der Waals surface area contributed by atoms with Crippen molar-refractivity contribution in [3.8, 4) is 6.07 Å². The van der Waals surface area contributed by atoms with E-state index in [4.69, 9.17) is 5.26 Å². The Balaban J connectivity index is 1.15. The average Bonchev–Trinajstić information content (AvgIpc) is 2.82. The Morgan fingerprint density at radius 1 is 1.00 bits per heavy atom. The monoisotopic (exact) mass is 419 g/mol. The predicted molar refractivity (Wildman–Crippen MR) is 118 cm³/mol. The second-order valence-corrected chi connectivity index (χ2v) is 8.27. The lowest BCUT2D eigenvalue weighted by atomic mass is 10.0. The van der Waals surface area contributed by atoms with Crippen molar-refractivity contribution < 1.29 is 4.79 Å². The second-order valence-electron chi connectivity index (χ2n) is 8.27. The van der Waals surface area contributed by atoms with Gasteiger partial charge in [-0.15, -0.1) is 0 Å². The number of likely N-dealkylation sites (tertiary alicyclic amines) is 1. The number of pyridine rings is 2. The number of anilines is 1. The number of aromatic nitrogens is 2. The summed E-state index contributed by atoms with van der Waals surface area (Å²) in [6, 6.07) is 12.1. The van der Waals surface area contributed by atoms with Crippen LogP contribution in [0.4, 0.5) is 10.6 Å². The van der Waals surface area contributed by atoms with Crippen LogP contribution in [0, 0.1) is 11.3 Å². The predicted octanol–water partition coefficient (Wildman–Crippen LogP) is 2.28. The summed E-state index contributed by atoms with van der Waals surface area (Å²) in [5, 5.41) is 15.2. The Morgan fingerprint density at radius 3 is 2.29 bits per heavy atom. The zero-order valence-corrected chi connectivity index (χ0v) is 17.7. The SMILES string of the molecule is N#Cc1ccc(N2CCC(NC(=O)NC3CCN(Cc4ccccn4)CC3)CC2)nc1. The van der Waals surface area contributed by atoms with Crippen molar-refractivity contribution in [2.75, 3.05) is 31.1 Å². The third kappa shape index (κ3) is 5.92. The van der Waals surface area contributed by atoms with Crippen molar-refractivity contribution in [3.05, 3.63) is 54.0 Å². The molecular formula is C23H29N7O. The van der Waals surface area contributed by atoms with Gasteiger partial charge in [-0.05, 0) is 49.9 Å². The first-order chi connectivity index (χ1) is 15.2. The first-order valence-corrected chi connectivity index (χ1v) is 11.0. The van der Waals surface area contributed by atoms with Gasteiger partial charge in [0.05, 0.1) is 11.3 Å². The lowest BCUT2D eigenvalue weighted by molar-refractivity contribution is 0.183. The van der Waals surface area contributed by atoms with E-state index in [0.29, 0.717) is 5.56 Å². The minimum atomic E-state index is -0.0573. The molecule has 162 valence electrons. The summed E-state index contributed by atoms with van der Waals surface area (Å²) in [7, 11) is 0. The van der Waals surface area contributed by atoms with E-state index in [-0.39, 0.29) is 18.1 Å². The van der Waals surface area contributed by atoms with E-state index in [2.05, 4.69) is 42.5 Å². The van der Waals surface area contributed by atoms with Crippen molar-refractivity contribution in [2.24, 2.45) is 0 Å². The van der Waals surface area contributed by atoms with E-state index in [1.807, 2.05) is 24.4 Å². The highest BCUT2D eigenvalue weighted by Crippen LogP contribution is 2.18. The van der Waals surface area contributed by atoms with Crippen LogP contribution in [0.25, 0.3) is 0 Å². The zero-order chi connectivity index (χ0) is 21.5. The van der Waals surface area contributed by atoms with Crippen molar-refractivity contribution >= 4 is 11.8 Å². The fourth-order valence-corrected chi connectivity index (χ4v) is 4.26. The molecule has 0 unspecified atom stereocenters. The van der Waals surface area contributed by atoms with Gasteiger partial charge in [-0.3, -0.25) is 9.88 Å². The molecule has 0 saturated carbocycles. The molecule has 31 heavy (non-hydrogen) atoms. The summed E-state index contributed by atoms with van der Waals surface area (Å²) in [5.74, 6) is 0.888. The number of carbonyl (C=O) groups is 1. The van der Waals surface area contributed by atoms with Crippen LogP contribution in [-0.4, -0.2) is 59.2 Å². The highest BCUT2D eigenvalue weighted by molar-refractivity contribution is 5.74. The van der Waals surface area contributed by atoms with Gasteiger partial charge in [0.1, 0.15) is 11.9 Å². The van der Waals surface area contributed by atoms with Gasteiger partial charge in [-0.1, -0.05) is 6.07 Å². The number of hydrogen-bond donors (Lipinski definition) is 2. The maximum absolute atomic E-state index is 12.5. The van der Waals surface area contributed by atoms with Crippen LogP contribution in [0.15, 0.2) is 42.7 Å². The van der Waals surface area contributed by atoms with Crippen molar-refractivity contribution in [1.82, 2.24) is 25.5 Å². The summed E-state index contributed by atoms with van der Waals surface area (Å²) >= 11 is 0. The van der Waals surface area contributed by atoms with Gasteiger partial charge in [0.2, 0.25) is 0 Å². The number of rotatable bonds is 5. The number of nitrogens with one attached hydrogen (secondary N) is 2. The van der Waals surface area contributed by atoms with E-state index in [1.165, 1.54) is 0 Å². The van der Waals surface area contributed by atoms with E-state index < -0.39 is 0 Å². The summed E-state index contributed by atoms with van der Waals surface area (Å²) in [6.45, 7) is 4.49. The van der Waals surface area contributed by atoms with Gasteiger partial charge in [0, 0.05) is 57.2 Å². The Hall–Kier alpha value is -3.18. The van der Waals surface area contributed by atoms with E-state index in [1.54, 1.807) is 12.3 Å². The lowest BCUT2D eigenvalue weighted by Gasteiger charge is -2.34. The Labute approximate surface area is 183 Å². The number of hydrogen-bond acceptors (Lipinski definition) is 6. The van der Waals surface area contributed by atoms with Crippen LogP contribution in [0.3, 0.4) is 0 Å². The van der Waals surface area contributed by atoms with E-state index >= 15 is 0 Å². The molecule has 2 aliphatic rings. The summed E-state index contributed by atoms with van der Waals surface area (Å²) < 4.78 is 0. The molecule has 0 atom stereocenters. The smallest absolute Gasteiger partial charge is 0.315 e. The molecule has 2 amide bonds. The van der Waals surface area contributed by atoms with Crippen molar-refractivity contribution in [3.63, 3.8) is 0 Å². The van der Waals surface area contributed by atoms with Crippen LogP contribution >= 0.6 is 0 Å². The maximum atomic E-state index is 12.5. The number of piperidine rings is 2. The largest absolute Gasteiger partial charge is 0.356 e. The molecule has 2 aliphatic heterocycles. The standard InChI is InChI=1S/C23H29N7O/c24-15-18-4-5-22(26-16-18)30-13-8-20(9-14-30)28-23(31)27-19-6-11-29(12-7-19)17-21-3-1-2-10-25-21/h1-5,10,16,19-20H,6-9,11-14,17H2,(H2,27,28,31). The van der Waals surface area contributed by atoms with E-state index in [0.717, 1.165) is 69.9 Å². The summed E-state index contributed by atoms with van der Waals surface area (Å²) in [6.07, 6.45) is 7.13. The molecule has 2 N–H and O–H groups in total.